The molecule has 6 heavy (non-hydrogen) atoms. The Morgan fingerprint density at radius 1 is 2.00 bits per heavy atom. The van der Waals surface area contributed by atoms with Crippen LogP contribution < -0.4 is 5.73 Å². The standard InChI is InChI=1S/C3H7NS2/c1-6-2-3(4)5/h2H2,1H3,(H2,4,5). The molecule has 0 aromatic heterocycles. The van der Waals surface area contributed by atoms with Crippen molar-refractivity contribution in [1.82, 2.24) is 0 Å². The minimum Gasteiger partial charge on any atom is -0.393 e. The van der Waals surface area contributed by atoms with Crippen molar-refractivity contribution < 1.29 is 0 Å². The molecule has 0 rings (SSSR count). The van der Waals surface area contributed by atoms with E-state index in [1.807, 2.05) is 6.26 Å². The lowest BCUT2D eigenvalue weighted by molar-refractivity contribution is 1.75. The number of hydrogen-bond acceptors (Lipinski definition) is 2. The topological polar surface area (TPSA) is 26.0 Å². The SMILES string of the molecule is CSCC(N)=S. The van der Waals surface area contributed by atoms with Gasteiger partial charge >= 0.3 is 0 Å². The third-order valence-electron chi connectivity index (χ3n) is 0.287. The lowest BCUT2D eigenvalue weighted by Gasteiger charge is -1.85. The Kier molecular flexibility index (Phi) is 3.57. The minimum atomic E-state index is 0.586. The summed E-state index contributed by atoms with van der Waals surface area (Å²) >= 11 is 6.20. The van der Waals surface area contributed by atoms with Crippen LogP contribution in [0.25, 0.3) is 0 Å². The second-order valence-corrected chi connectivity index (χ2v) is 2.29. The third kappa shape index (κ3) is 4.24. The highest BCUT2D eigenvalue weighted by molar-refractivity contribution is 8.00. The fourth-order valence-corrected chi connectivity index (χ4v) is 0.780. The summed E-state index contributed by atoms with van der Waals surface area (Å²) in [4.78, 5) is 0.586. The smallest absolute Gasteiger partial charge is 0.0827 e. The van der Waals surface area contributed by atoms with E-state index in [-0.39, 0.29) is 0 Å². The first-order valence-corrected chi connectivity index (χ1v) is 3.35. The third-order valence-corrected chi connectivity index (χ3v) is 1.21. The van der Waals surface area contributed by atoms with Gasteiger partial charge < -0.3 is 5.73 Å². The maximum atomic E-state index is 5.11. The van der Waals surface area contributed by atoms with E-state index in [0.717, 1.165) is 5.75 Å². The molecule has 0 bridgehead atoms. The molecular formula is C3H7NS2. The molecule has 3 heteroatoms. The van der Waals surface area contributed by atoms with Gasteiger partial charge in [-0.2, -0.15) is 11.8 Å². The van der Waals surface area contributed by atoms with Crippen molar-refractivity contribution in [2.75, 3.05) is 12.0 Å². The Hall–Kier alpha value is 0.240. The zero-order chi connectivity index (χ0) is 4.99. The van der Waals surface area contributed by atoms with Crippen LogP contribution in [0.2, 0.25) is 0 Å². The fourth-order valence-electron chi connectivity index (χ4n) is 0.142. The van der Waals surface area contributed by atoms with Crippen molar-refractivity contribution in [1.29, 1.82) is 0 Å². The molecular weight excluding hydrogens is 114 g/mol. The van der Waals surface area contributed by atoms with Crippen molar-refractivity contribution in [2.24, 2.45) is 5.73 Å². The Labute approximate surface area is 47.3 Å². The fraction of sp³-hybridized carbons (Fsp3) is 0.667. The van der Waals surface area contributed by atoms with Crippen LogP contribution >= 0.6 is 24.0 Å². The number of thiocarbonyl (C=S) groups is 1. The predicted molar refractivity (Wildman–Crippen MR) is 35.2 cm³/mol. The van der Waals surface area contributed by atoms with E-state index in [0.29, 0.717) is 4.99 Å². The zero-order valence-corrected chi connectivity index (χ0v) is 5.23. The molecule has 2 N–H and O–H groups in total. The molecule has 1 nitrogen and oxygen atoms in total. The van der Waals surface area contributed by atoms with Crippen LogP contribution in [0.15, 0.2) is 0 Å². The molecule has 0 amide bonds. The Balaban J connectivity index is 2.83. The van der Waals surface area contributed by atoms with Gasteiger partial charge in [0.15, 0.2) is 0 Å². The van der Waals surface area contributed by atoms with E-state index in [4.69, 9.17) is 5.73 Å². The van der Waals surface area contributed by atoms with Gasteiger partial charge in [-0.25, -0.2) is 0 Å². The van der Waals surface area contributed by atoms with Crippen molar-refractivity contribution in [2.45, 2.75) is 0 Å². The predicted octanol–water partition coefficient (Wildman–Crippen LogP) is 0.636. The normalized spacial score (nSPS) is 8.17. The summed E-state index contributed by atoms with van der Waals surface area (Å²) < 4.78 is 0. The second-order valence-electron chi connectivity index (χ2n) is 0.899. The van der Waals surface area contributed by atoms with E-state index in [1.165, 1.54) is 0 Å². The minimum absolute atomic E-state index is 0.586. The van der Waals surface area contributed by atoms with Crippen LogP contribution in [0.3, 0.4) is 0 Å². The molecule has 0 aromatic rings. The van der Waals surface area contributed by atoms with Crippen LogP contribution in [0, 0.1) is 0 Å². The molecule has 0 heterocycles. The highest BCUT2D eigenvalue weighted by atomic mass is 32.2. The molecule has 0 aliphatic carbocycles. The largest absolute Gasteiger partial charge is 0.393 e. The number of nitrogens with two attached hydrogens (primary N) is 1. The van der Waals surface area contributed by atoms with E-state index in [9.17, 15) is 0 Å². The van der Waals surface area contributed by atoms with Gasteiger partial charge in [-0.3, -0.25) is 0 Å². The summed E-state index contributed by atoms with van der Waals surface area (Å²) in [6.45, 7) is 0. The van der Waals surface area contributed by atoms with Gasteiger partial charge in [0.25, 0.3) is 0 Å². The summed E-state index contributed by atoms with van der Waals surface area (Å²) in [6.07, 6.45) is 1.97. The first kappa shape index (κ1) is 6.24. The quantitative estimate of drug-likeness (QED) is 0.543. The van der Waals surface area contributed by atoms with Gasteiger partial charge in [-0.05, 0) is 6.26 Å². The summed E-state index contributed by atoms with van der Waals surface area (Å²) in [5, 5.41) is 0. The van der Waals surface area contributed by atoms with Gasteiger partial charge in [0.05, 0.1) is 4.99 Å². The van der Waals surface area contributed by atoms with Gasteiger partial charge in [-0.15, -0.1) is 0 Å². The monoisotopic (exact) mass is 121 g/mol. The van der Waals surface area contributed by atoms with Crippen LogP contribution in [0.4, 0.5) is 0 Å². The molecule has 0 fully saturated rings. The van der Waals surface area contributed by atoms with E-state index < -0.39 is 0 Å². The van der Waals surface area contributed by atoms with Gasteiger partial charge in [0.1, 0.15) is 0 Å². The van der Waals surface area contributed by atoms with Crippen LogP contribution in [-0.2, 0) is 0 Å². The van der Waals surface area contributed by atoms with E-state index in [2.05, 4.69) is 12.2 Å². The maximum Gasteiger partial charge on any atom is 0.0827 e. The molecule has 0 unspecified atom stereocenters. The summed E-state index contributed by atoms with van der Waals surface area (Å²) in [7, 11) is 0. The summed E-state index contributed by atoms with van der Waals surface area (Å²) in [5.74, 6) is 0.801. The number of thioether (sulfide) groups is 1. The molecule has 0 aromatic carbocycles. The maximum absolute atomic E-state index is 5.11. The number of rotatable bonds is 2. The van der Waals surface area contributed by atoms with Crippen LogP contribution in [-0.4, -0.2) is 17.0 Å². The van der Waals surface area contributed by atoms with E-state index >= 15 is 0 Å². The second kappa shape index (κ2) is 3.43. The molecule has 0 saturated carbocycles. The Morgan fingerprint density at radius 3 is 2.50 bits per heavy atom. The lowest BCUT2D eigenvalue weighted by Crippen LogP contribution is -2.09. The molecule has 36 valence electrons. The summed E-state index contributed by atoms with van der Waals surface area (Å²) in [5.41, 5.74) is 5.11. The Bertz CT molecular complexity index is 52.8. The highest BCUT2D eigenvalue weighted by Crippen LogP contribution is 1.87. The molecule has 0 saturated heterocycles. The zero-order valence-electron chi connectivity index (χ0n) is 3.60. The lowest BCUT2D eigenvalue weighted by atomic mass is 10.8. The average Bonchev–Trinajstić information content (AvgIpc) is 1.35. The van der Waals surface area contributed by atoms with E-state index in [1.54, 1.807) is 11.8 Å². The van der Waals surface area contributed by atoms with Gasteiger partial charge in [0.2, 0.25) is 0 Å². The average molecular weight is 121 g/mol. The van der Waals surface area contributed by atoms with Crippen molar-refractivity contribution in [3.8, 4) is 0 Å². The molecule has 0 aliphatic rings. The molecule has 0 radical (unpaired) electrons. The van der Waals surface area contributed by atoms with Gasteiger partial charge in [-0.1, -0.05) is 12.2 Å². The number of hydrogen-bond donors (Lipinski definition) is 1. The van der Waals surface area contributed by atoms with Crippen molar-refractivity contribution >= 4 is 29.0 Å². The Morgan fingerprint density at radius 2 is 2.50 bits per heavy atom. The first-order valence-electron chi connectivity index (χ1n) is 1.54. The first-order chi connectivity index (χ1) is 2.77. The van der Waals surface area contributed by atoms with Gasteiger partial charge in [0, 0.05) is 5.75 Å². The van der Waals surface area contributed by atoms with Crippen LogP contribution in [0.1, 0.15) is 0 Å². The highest BCUT2D eigenvalue weighted by Gasteiger charge is 1.79. The molecule has 0 atom stereocenters. The molecule has 0 spiro atoms. The van der Waals surface area contributed by atoms with Crippen molar-refractivity contribution in [3.63, 3.8) is 0 Å². The van der Waals surface area contributed by atoms with Crippen LogP contribution in [0.5, 0.6) is 0 Å². The van der Waals surface area contributed by atoms with Crippen molar-refractivity contribution in [3.05, 3.63) is 0 Å². The molecule has 0 aliphatic heterocycles. The summed E-state index contributed by atoms with van der Waals surface area (Å²) in [6, 6.07) is 0.